The first kappa shape index (κ1) is 35.4. The van der Waals surface area contributed by atoms with E-state index in [4.69, 9.17) is 0 Å². The Bertz CT molecular complexity index is 1670. The number of hydrogen-bond acceptors (Lipinski definition) is 0. The first-order chi connectivity index (χ1) is 23.4. The highest BCUT2D eigenvalue weighted by molar-refractivity contribution is 6.35. The van der Waals surface area contributed by atoms with Gasteiger partial charge in [-0.1, -0.05) is 188 Å². The van der Waals surface area contributed by atoms with E-state index in [1.54, 1.807) is 22.3 Å². The summed E-state index contributed by atoms with van der Waals surface area (Å²) in [7, 11) is 0.0438. The Labute approximate surface area is 301 Å². The van der Waals surface area contributed by atoms with Gasteiger partial charge in [-0.05, 0) is 93.2 Å². The van der Waals surface area contributed by atoms with Crippen molar-refractivity contribution in [1.82, 2.24) is 0 Å². The summed E-state index contributed by atoms with van der Waals surface area (Å²) in [5.41, 5.74) is 17.8. The quantitative estimate of drug-likeness (QED) is 0.104. The summed E-state index contributed by atoms with van der Waals surface area (Å²) < 4.78 is 0. The van der Waals surface area contributed by atoms with E-state index in [9.17, 15) is 0 Å². The maximum atomic E-state index is 2.48. The molecule has 0 saturated heterocycles. The van der Waals surface area contributed by atoms with E-state index in [-0.39, 0.29) is 20.3 Å². The second-order valence-corrected chi connectivity index (χ2v) is 19.3. The summed E-state index contributed by atoms with van der Waals surface area (Å²) in [6, 6.07) is 35.5. The van der Waals surface area contributed by atoms with Gasteiger partial charge in [0.1, 0.15) is 0 Å². The molecule has 0 bridgehead atoms. The monoisotopic (exact) mass is 664 g/mol. The van der Waals surface area contributed by atoms with Crippen molar-refractivity contribution in [3.05, 3.63) is 129 Å². The molecule has 6 rings (SSSR count). The molecule has 0 spiro atoms. The molecule has 0 fully saturated rings. The topological polar surface area (TPSA) is 0 Å². The van der Waals surface area contributed by atoms with Gasteiger partial charge in [0.05, 0.1) is 0 Å². The largest absolute Gasteiger partial charge is 0.0652 e. The Morgan fingerprint density at radius 1 is 0.490 bits per heavy atom. The van der Waals surface area contributed by atoms with Gasteiger partial charge in [-0.15, -0.1) is 0 Å². The summed E-state index contributed by atoms with van der Waals surface area (Å²) >= 11 is 0. The first-order valence-electron chi connectivity index (χ1n) is 19.3. The van der Waals surface area contributed by atoms with Crippen LogP contribution in [0.2, 0.25) is 12.1 Å². The van der Waals surface area contributed by atoms with Crippen LogP contribution < -0.4 is 0 Å². The molecule has 2 aliphatic carbocycles. The van der Waals surface area contributed by atoms with Gasteiger partial charge in [-0.2, -0.15) is 0 Å². The van der Waals surface area contributed by atoms with E-state index in [0.717, 1.165) is 0 Å². The van der Waals surface area contributed by atoms with E-state index >= 15 is 0 Å². The highest BCUT2D eigenvalue weighted by Gasteiger charge is 2.26. The average Bonchev–Trinajstić information content (AvgIpc) is 3.57. The molecule has 1 heteroatoms. The Balaban J connectivity index is 0.939. The van der Waals surface area contributed by atoms with Crippen LogP contribution in [0.1, 0.15) is 139 Å². The molecule has 4 aromatic rings. The molecule has 2 atom stereocenters. The van der Waals surface area contributed by atoms with Crippen LogP contribution in [0, 0.1) is 0 Å². The predicted molar refractivity (Wildman–Crippen MR) is 220 cm³/mol. The third-order valence-corrected chi connectivity index (χ3v) is 13.5. The zero-order valence-electron chi connectivity index (χ0n) is 31.8. The predicted octanol–water partition coefficient (Wildman–Crippen LogP) is 13.7. The third kappa shape index (κ3) is 7.99. The molecule has 0 saturated carbocycles. The Kier molecular flexibility index (Phi) is 10.7. The molecular weight excluding hydrogens is 605 g/mol. The molecule has 4 aromatic carbocycles. The summed E-state index contributed by atoms with van der Waals surface area (Å²) in [6.07, 6.45) is 13.1. The lowest BCUT2D eigenvalue weighted by molar-refractivity contribution is 0.590. The van der Waals surface area contributed by atoms with E-state index in [1.165, 1.54) is 95.1 Å². The lowest BCUT2D eigenvalue weighted by Crippen LogP contribution is -2.10. The Morgan fingerprint density at radius 3 is 1.24 bits per heavy atom. The highest BCUT2D eigenvalue weighted by atomic mass is 28.2. The number of benzene rings is 4. The molecule has 0 heterocycles. The SMILES string of the molecule is CC1=Cc2c(-c3ccc(C(C)(C)C)cc3)cccc2C1CCCC[SiH2]CCCCC1C(C)=Cc2c(-c3ccc(C(C)(C)C)cc3)cccc21. The fourth-order valence-electron chi connectivity index (χ4n) is 8.39. The zero-order valence-corrected chi connectivity index (χ0v) is 33.2. The maximum Gasteiger partial charge on any atom is 0.0197 e. The smallest absolute Gasteiger partial charge is 0.0197 e. The fraction of sp³-hybridized carbons (Fsp3) is 0.417. The standard InChI is InChI=1S/C48H60Si/c1-33-31-45-41(35-21-25-37(26-22-35)47(3,4)5)17-13-19-43(45)39(33)15-9-11-29-49-30-12-10-16-40-34(2)32-46-42(18-14-20-44(40)46)36-23-27-38(28-24-36)48(6,7)8/h13-14,17-28,31-32,39-40H,9-12,15-16,29-30,49H2,1-8H3. The van der Waals surface area contributed by atoms with Crippen molar-refractivity contribution in [2.45, 2.75) is 129 Å². The third-order valence-electron chi connectivity index (χ3n) is 11.5. The minimum absolute atomic E-state index is 0.0438. The van der Waals surface area contributed by atoms with Crippen LogP contribution in [0.3, 0.4) is 0 Å². The summed E-state index contributed by atoms with van der Waals surface area (Å²) in [5, 5.41) is 0. The van der Waals surface area contributed by atoms with Crippen molar-refractivity contribution in [2.75, 3.05) is 0 Å². The van der Waals surface area contributed by atoms with Crippen molar-refractivity contribution >= 4 is 21.7 Å². The van der Waals surface area contributed by atoms with E-state index < -0.39 is 0 Å². The van der Waals surface area contributed by atoms with E-state index in [1.807, 2.05) is 0 Å². The zero-order chi connectivity index (χ0) is 34.8. The van der Waals surface area contributed by atoms with Crippen LogP contribution in [0.4, 0.5) is 0 Å². The number of hydrogen-bond donors (Lipinski definition) is 0. The van der Waals surface area contributed by atoms with Gasteiger partial charge in [0, 0.05) is 21.4 Å². The van der Waals surface area contributed by atoms with Gasteiger partial charge in [0.15, 0.2) is 0 Å². The van der Waals surface area contributed by atoms with Crippen LogP contribution in [-0.2, 0) is 10.8 Å². The molecule has 0 aromatic heterocycles. The van der Waals surface area contributed by atoms with Crippen molar-refractivity contribution in [2.24, 2.45) is 0 Å². The van der Waals surface area contributed by atoms with Crippen LogP contribution >= 0.6 is 0 Å². The second kappa shape index (κ2) is 14.8. The molecule has 2 aliphatic rings. The minimum atomic E-state index is 0.0438. The van der Waals surface area contributed by atoms with Crippen LogP contribution in [0.15, 0.2) is 96.1 Å². The molecule has 0 amide bonds. The maximum absolute atomic E-state index is 2.48. The number of fused-ring (bicyclic) bond motifs is 2. The molecule has 0 nitrogen and oxygen atoms in total. The van der Waals surface area contributed by atoms with Crippen molar-refractivity contribution in [3.8, 4) is 22.3 Å². The molecule has 49 heavy (non-hydrogen) atoms. The van der Waals surface area contributed by atoms with Gasteiger partial charge < -0.3 is 0 Å². The summed E-state index contributed by atoms with van der Waals surface area (Å²) in [4.78, 5) is 0. The van der Waals surface area contributed by atoms with Crippen LogP contribution in [-0.4, -0.2) is 9.52 Å². The molecule has 256 valence electrons. The summed E-state index contributed by atoms with van der Waals surface area (Å²) in [6.45, 7) is 18.5. The number of rotatable bonds is 12. The van der Waals surface area contributed by atoms with Crippen molar-refractivity contribution in [3.63, 3.8) is 0 Å². The number of unbranched alkanes of at least 4 members (excludes halogenated alkanes) is 2. The van der Waals surface area contributed by atoms with E-state index in [0.29, 0.717) is 11.8 Å². The fourth-order valence-corrected chi connectivity index (χ4v) is 10.2. The lowest BCUT2D eigenvalue weighted by Gasteiger charge is -2.20. The van der Waals surface area contributed by atoms with Gasteiger partial charge in [-0.25, -0.2) is 0 Å². The molecule has 0 N–H and O–H groups in total. The number of allylic oxidation sites excluding steroid dienone is 2. The normalized spacial score (nSPS) is 17.4. The summed E-state index contributed by atoms with van der Waals surface area (Å²) in [5.74, 6) is 1.19. The average molecular weight is 665 g/mol. The van der Waals surface area contributed by atoms with Gasteiger partial charge in [-0.3, -0.25) is 0 Å². The van der Waals surface area contributed by atoms with Crippen molar-refractivity contribution < 1.29 is 0 Å². The van der Waals surface area contributed by atoms with Gasteiger partial charge >= 0.3 is 0 Å². The minimum Gasteiger partial charge on any atom is -0.0652 e. The lowest BCUT2D eigenvalue weighted by atomic mass is 9.85. The second-order valence-electron chi connectivity index (χ2n) is 17.2. The molecular formula is C48H60Si. The van der Waals surface area contributed by atoms with Crippen LogP contribution in [0.25, 0.3) is 34.4 Å². The van der Waals surface area contributed by atoms with Crippen molar-refractivity contribution in [1.29, 1.82) is 0 Å². The Hall–Kier alpha value is -3.42. The van der Waals surface area contributed by atoms with Crippen LogP contribution in [0.5, 0.6) is 0 Å². The highest BCUT2D eigenvalue weighted by Crippen LogP contribution is 2.45. The molecule has 2 unspecified atom stereocenters. The van der Waals surface area contributed by atoms with Gasteiger partial charge in [0.25, 0.3) is 0 Å². The van der Waals surface area contributed by atoms with E-state index in [2.05, 4.69) is 152 Å². The Morgan fingerprint density at radius 2 is 0.878 bits per heavy atom. The first-order valence-corrected chi connectivity index (χ1v) is 21.3. The van der Waals surface area contributed by atoms with Gasteiger partial charge in [0.2, 0.25) is 0 Å². The molecule has 0 aliphatic heterocycles. The molecule has 0 radical (unpaired) electrons.